The molecule has 3 nitrogen and oxygen atoms in total. The fraction of sp³-hybridized carbons (Fsp3) is 0. The maximum absolute atomic E-state index is 12.9. The van der Waals surface area contributed by atoms with Crippen molar-refractivity contribution in [1.82, 2.24) is 0 Å². The Labute approximate surface area is 150 Å². The van der Waals surface area contributed by atoms with Crippen molar-refractivity contribution >= 4 is 35.1 Å². The molecule has 0 saturated carbocycles. The van der Waals surface area contributed by atoms with E-state index in [2.05, 4.69) is 0 Å². The highest BCUT2D eigenvalue weighted by Crippen LogP contribution is 2.47. The zero-order valence-electron chi connectivity index (χ0n) is 13.3. The summed E-state index contributed by atoms with van der Waals surface area (Å²) in [4.78, 5) is 16.8. The van der Waals surface area contributed by atoms with Crippen molar-refractivity contribution in [2.45, 2.75) is 9.79 Å². The van der Waals surface area contributed by atoms with E-state index in [4.69, 9.17) is 0 Å². The number of benzene rings is 3. The average molecular weight is 345 g/mol. The van der Waals surface area contributed by atoms with E-state index in [1.54, 1.807) is 53.1 Å². The molecular weight excluding hydrogens is 330 g/mol. The molecule has 3 aromatic carbocycles. The van der Waals surface area contributed by atoms with Crippen LogP contribution in [0.25, 0.3) is 6.08 Å². The Morgan fingerprint density at radius 1 is 0.840 bits per heavy atom. The Hall–Kier alpha value is -2.98. The summed E-state index contributed by atoms with van der Waals surface area (Å²) < 4.78 is 0. The molecule has 3 aromatic rings. The van der Waals surface area contributed by atoms with E-state index in [-0.39, 0.29) is 11.7 Å². The maximum Gasteiger partial charge on any atom is 0.255 e. The Kier molecular flexibility index (Phi) is 4.04. The van der Waals surface area contributed by atoms with Crippen molar-refractivity contribution in [3.63, 3.8) is 0 Å². The zero-order chi connectivity index (χ0) is 17.2. The van der Waals surface area contributed by atoms with Gasteiger partial charge in [0.25, 0.3) is 5.91 Å². The number of para-hydroxylation sites is 2. The van der Waals surface area contributed by atoms with Gasteiger partial charge < -0.3 is 5.11 Å². The minimum absolute atomic E-state index is 0.103. The Bertz CT molecular complexity index is 918. The number of rotatable bonds is 2. The molecule has 4 rings (SSSR count). The van der Waals surface area contributed by atoms with Gasteiger partial charge in [-0.2, -0.15) is 0 Å². The topological polar surface area (TPSA) is 40.5 Å². The fourth-order valence-electron chi connectivity index (χ4n) is 2.77. The van der Waals surface area contributed by atoms with Crippen LogP contribution in [0.5, 0.6) is 5.75 Å². The molecule has 0 fully saturated rings. The molecule has 0 unspecified atom stereocenters. The summed E-state index contributed by atoms with van der Waals surface area (Å²) in [5.74, 6) is 0.104. The molecule has 1 aliphatic heterocycles. The summed E-state index contributed by atoms with van der Waals surface area (Å²) in [5, 5.41) is 9.35. The van der Waals surface area contributed by atoms with Crippen LogP contribution >= 0.6 is 11.8 Å². The van der Waals surface area contributed by atoms with Crippen LogP contribution in [-0.2, 0) is 4.79 Å². The molecule has 1 heterocycles. The molecule has 0 radical (unpaired) electrons. The van der Waals surface area contributed by atoms with E-state index in [0.717, 1.165) is 26.7 Å². The molecule has 1 aliphatic rings. The van der Waals surface area contributed by atoms with Crippen LogP contribution in [0.15, 0.2) is 88.7 Å². The molecular formula is C21H15NO2S. The number of carbonyl (C=O) groups is 1. The number of aromatic hydroxyl groups is 1. The smallest absolute Gasteiger partial charge is 0.255 e. The summed E-state index contributed by atoms with van der Waals surface area (Å²) >= 11 is 1.67. The normalized spacial score (nSPS) is 12.7. The number of anilines is 2. The zero-order valence-corrected chi connectivity index (χ0v) is 14.1. The molecule has 0 spiro atoms. The first kappa shape index (κ1) is 15.5. The quantitative estimate of drug-likeness (QED) is 0.646. The van der Waals surface area contributed by atoms with Gasteiger partial charge in [-0.3, -0.25) is 9.69 Å². The number of carbonyl (C=O) groups excluding carboxylic acids is 1. The number of fused-ring (bicyclic) bond motifs is 2. The lowest BCUT2D eigenvalue weighted by Gasteiger charge is -2.30. The second kappa shape index (κ2) is 6.49. The lowest BCUT2D eigenvalue weighted by Crippen LogP contribution is -2.26. The van der Waals surface area contributed by atoms with Gasteiger partial charge in [0.05, 0.1) is 11.4 Å². The fourth-order valence-corrected chi connectivity index (χ4v) is 3.83. The summed E-state index contributed by atoms with van der Waals surface area (Å²) in [6.07, 6.45) is 3.32. The molecule has 25 heavy (non-hydrogen) atoms. The van der Waals surface area contributed by atoms with Crippen molar-refractivity contribution in [3.05, 3.63) is 84.4 Å². The second-order valence-corrected chi connectivity index (χ2v) is 6.72. The Morgan fingerprint density at radius 3 is 2.00 bits per heavy atom. The van der Waals surface area contributed by atoms with Crippen molar-refractivity contribution < 1.29 is 9.90 Å². The maximum atomic E-state index is 12.9. The molecule has 0 aliphatic carbocycles. The van der Waals surface area contributed by atoms with Crippen LogP contribution in [0.3, 0.4) is 0 Å². The summed E-state index contributed by atoms with van der Waals surface area (Å²) in [6, 6.07) is 22.6. The van der Waals surface area contributed by atoms with Crippen LogP contribution in [0, 0.1) is 0 Å². The first-order chi connectivity index (χ1) is 12.2. The molecule has 0 bridgehead atoms. The van der Waals surface area contributed by atoms with E-state index in [0.29, 0.717) is 0 Å². The predicted molar refractivity (Wildman–Crippen MR) is 101 cm³/mol. The lowest BCUT2D eigenvalue weighted by molar-refractivity contribution is -0.113. The third-order valence-electron chi connectivity index (χ3n) is 3.96. The minimum atomic E-state index is -0.103. The van der Waals surface area contributed by atoms with Crippen LogP contribution < -0.4 is 4.90 Å². The van der Waals surface area contributed by atoms with Gasteiger partial charge in [0.1, 0.15) is 5.75 Å². The summed E-state index contributed by atoms with van der Waals surface area (Å²) in [6.45, 7) is 0. The van der Waals surface area contributed by atoms with Crippen LogP contribution in [0.1, 0.15) is 5.56 Å². The molecule has 0 aromatic heterocycles. The monoisotopic (exact) mass is 345 g/mol. The first-order valence-corrected chi connectivity index (χ1v) is 8.71. The number of phenolic OH excluding ortho intramolecular Hbond substituents is 1. The van der Waals surface area contributed by atoms with Crippen molar-refractivity contribution in [1.29, 1.82) is 0 Å². The van der Waals surface area contributed by atoms with Crippen molar-refractivity contribution in [2.75, 3.05) is 4.90 Å². The molecule has 1 N–H and O–H groups in total. The largest absolute Gasteiger partial charge is 0.508 e. The third-order valence-corrected chi connectivity index (χ3v) is 5.09. The number of hydrogen-bond acceptors (Lipinski definition) is 3. The van der Waals surface area contributed by atoms with Crippen LogP contribution in [-0.4, -0.2) is 11.0 Å². The first-order valence-electron chi connectivity index (χ1n) is 7.89. The van der Waals surface area contributed by atoms with Gasteiger partial charge in [-0.25, -0.2) is 0 Å². The lowest BCUT2D eigenvalue weighted by atomic mass is 10.2. The second-order valence-electron chi connectivity index (χ2n) is 5.64. The van der Waals surface area contributed by atoms with E-state index in [1.807, 2.05) is 48.5 Å². The number of phenols is 1. The van der Waals surface area contributed by atoms with Crippen LogP contribution in [0.4, 0.5) is 11.4 Å². The number of nitrogens with zero attached hydrogens (tertiary/aromatic N) is 1. The van der Waals surface area contributed by atoms with E-state index in [1.165, 1.54) is 0 Å². The van der Waals surface area contributed by atoms with Gasteiger partial charge in [-0.05, 0) is 48.0 Å². The Balaban J connectivity index is 1.71. The number of hydrogen-bond donors (Lipinski definition) is 1. The van der Waals surface area contributed by atoms with Gasteiger partial charge in [0, 0.05) is 15.9 Å². The Morgan fingerprint density at radius 2 is 1.40 bits per heavy atom. The summed E-state index contributed by atoms with van der Waals surface area (Å²) in [5.41, 5.74) is 2.65. The van der Waals surface area contributed by atoms with E-state index < -0.39 is 0 Å². The molecule has 1 amide bonds. The highest BCUT2D eigenvalue weighted by molar-refractivity contribution is 7.99. The number of amides is 1. The average Bonchev–Trinajstić information content (AvgIpc) is 2.65. The van der Waals surface area contributed by atoms with Gasteiger partial charge in [-0.15, -0.1) is 0 Å². The molecule has 122 valence electrons. The van der Waals surface area contributed by atoms with Gasteiger partial charge in [0.15, 0.2) is 0 Å². The molecule has 0 saturated heterocycles. The summed E-state index contributed by atoms with van der Waals surface area (Å²) in [7, 11) is 0. The highest BCUT2D eigenvalue weighted by atomic mass is 32.2. The molecule has 4 heteroatoms. The van der Waals surface area contributed by atoms with E-state index in [9.17, 15) is 9.90 Å². The van der Waals surface area contributed by atoms with Gasteiger partial charge in [0.2, 0.25) is 0 Å². The standard InChI is InChI=1S/C21H15NO2S/c23-16-12-9-15(10-13-16)11-14-21(24)22-17-5-1-3-7-19(17)25-20-8-4-2-6-18(20)22/h1-14,23H/b14-11-. The highest BCUT2D eigenvalue weighted by Gasteiger charge is 2.26. The van der Waals surface area contributed by atoms with Gasteiger partial charge >= 0.3 is 0 Å². The van der Waals surface area contributed by atoms with Crippen molar-refractivity contribution in [3.8, 4) is 5.75 Å². The van der Waals surface area contributed by atoms with Crippen molar-refractivity contribution in [2.24, 2.45) is 0 Å². The SMILES string of the molecule is O=C(/C=C\c1ccc(O)cc1)N1c2ccccc2Sc2ccccc21. The third kappa shape index (κ3) is 3.04. The van der Waals surface area contributed by atoms with Crippen LogP contribution in [0.2, 0.25) is 0 Å². The minimum Gasteiger partial charge on any atom is -0.508 e. The van der Waals surface area contributed by atoms with E-state index >= 15 is 0 Å². The van der Waals surface area contributed by atoms with Gasteiger partial charge in [-0.1, -0.05) is 48.2 Å². The molecule has 0 atom stereocenters. The predicted octanol–water partition coefficient (Wildman–Crippen LogP) is 5.23.